The molecule has 1 saturated heterocycles. The quantitative estimate of drug-likeness (QED) is 0.354. The zero-order chi connectivity index (χ0) is 25.0. The number of nitrogens with zero attached hydrogens (tertiary/aromatic N) is 6. The van der Waals surface area contributed by atoms with E-state index in [0.29, 0.717) is 38.9 Å². The molecule has 0 amide bonds. The van der Waals surface area contributed by atoms with E-state index in [1.807, 2.05) is 18.3 Å². The van der Waals surface area contributed by atoms with Gasteiger partial charge in [-0.2, -0.15) is 10.4 Å². The third-order valence-electron chi connectivity index (χ3n) is 6.69. The van der Waals surface area contributed by atoms with Crippen molar-refractivity contribution in [3.63, 3.8) is 0 Å². The minimum Gasteiger partial charge on any atom is -0.349 e. The molecule has 1 aliphatic heterocycles. The highest BCUT2D eigenvalue weighted by molar-refractivity contribution is 7.70. The minimum atomic E-state index is -2.65. The van der Waals surface area contributed by atoms with Crippen molar-refractivity contribution in [2.24, 2.45) is 0 Å². The van der Waals surface area contributed by atoms with Crippen molar-refractivity contribution in [3.8, 4) is 17.5 Å². The molecule has 2 aromatic carbocycles. The van der Waals surface area contributed by atoms with Crippen molar-refractivity contribution in [2.75, 3.05) is 24.8 Å². The van der Waals surface area contributed by atoms with Crippen molar-refractivity contribution in [1.82, 2.24) is 24.6 Å². The molecule has 8 nitrogen and oxygen atoms in total. The summed E-state index contributed by atoms with van der Waals surface area (Å²) in [6.45, 7) is 4.13. The summed E-state index contributed by atoms with van der Waals surface area (Å²) < 4.78 is 28.3. The van der Waals surface area contributed by atoms with E-state index in [9.17, 15) is 14.2 Å². The largest absolute Gasteiger partial charge is 0.349 e. The van der Waals surface area contributed by atoms with Crippen LogP contribution in [0.25, 0.3) is 28.1 Å². The fourth-order valence-electron chi connectivity index (χ4n) is 5.00. The van der Waals surface area contributed by atoms with Crippen LogP contribution in [0.5, 0.6) is 0 Å². The third kappa shape index (κ3) is 3.75. The van der Waals surface area contributed by atoms with E-state index in [2.05, 4.69) is 21.1 Å². The molecular formula is C26H23FN7OP. The number of hydrogen-bond acceptors (Lipinski definition) is 6. The van der Waals surface area contributed by atoms with Crippen LogP contribution < -0.4 is 10.2 Å². The molecule has 0 saturated carbocycles. The topological polar surface area (TPSA) is 103 Å². The molecule has 10 heteroatoms. The molecule has 0 aliphatic carbocycles. The van der Waals surface area contributed by atoms with Gasteiger partial charge < -0.3 is 14.4 Å². The van der Waals surface area contributed by atoms with Crippen LogP contribution in [0.4, 0.5) is 10.2 Å². The van der Waals surface area contributed by atoms with Crippen LogP contribution in [-0.4, -0.2) is 44.4 Å². The Bertz CT molecular complexity index is 1730. The van der Waals surface area contributed by atoms with E-state index >= 15 is 0 Å². The van der Waals surface area contributed by atoms with E-state index in [-0.39, 0.29) is 11.9 Å². The fraction of sp³-hybridized carbons (Fsp3) is 0.231. The van der Waals surface area contributed by atoms with Crippen molar-refractivity contribution in [1.29, 1.82) is 5.26 Å². The second-order valence-corrected chi connectivity index (χ2v) is 12.6. The summed E-state index contributed by atoms with van der Waals surface area (Å²) in [5, 5.41) is 14.5. The lowest BCUT2D eigenvalue weighted by molar-refractivity contribution is 0.588. The van der Waals surface area contributed by atoms with E-state index < -0.39 is 7.14 Å². The lowest BCUT2D eigenvalue weighted by Crippen LogP contribution is -2.23. The summed E-state index contributed by atoms with van der Waals surface area (Å²) >= 11 is 0. The molecule has 1 unspecified atom stereocenters. The maximum Gasteiger partial charge on any atom is 0.168 e. The molecule has 1 fully saturated rings. The van der Waals surface area contributed by atoms with Crippen LogP contribution in [0.15, 0.2) is 54.9 Å². The lowest BCUT2D eigenvalue weighted by Gasteiger charge is -2.26. The highest BCUT2D eigenvalue weighted by Gasteiger charge is 2.28. The monoisotopic (exact) mass is 499 g/mol. The van der Waals surface area contributed by atoms with E-state index in [1.54, 1.807) is 48.3 Å². The zero-order valence-electron chi connectivity index (χ0n) is 19.8. The molecule has 5 aromatic rings. The second-order valence-electron chi connectivity index (χ2n) is 9.45. The number of hydrogen-bond donors (Lipinski definition) is 1. The molecule has 0 bridgehead atoms. The smallest absolute Gasteiger partial charge is 0.168 e. The molecule has 0 radical (unpaired) electrons. The maximum absolute atomic E-state index is 13.9. The Morgan fingerprint density at radius 1 is 1.19 bits per heavy atom. The van der Waals surface area contributed by atoms with E-state index in [0.717, 1.165) is 30.8 Å². The summed E-state index contributed by atoms with van der Waals surface area (Å²) in [6.07, 6.45) is 5.48. The second kappa shape index (κ2) is 8.28. The number of nitriles is 1. The van der Waals surface area contributed by atoms with Crippen molar-refractivity contribution < 1.29 is 8.96 Å². The van der Waals surface area contributed by atoms with E-state index in [4.69, 9.17) is 9.97 Å². The van der Waals surface area contributed by atoms with Crippen molar-refractivity contribution >= 4 is 34.9 Å². The molecule has 1 aliphatic rings. The van der Waals surface area contributed by atoms with Gasteiger partial charge in [-0.1, -0.05) is 12.1 Å². The first kappa shape index (κ1) is 22.4. The average Bonchev–Trinajstić information content (AvgIpc) is 3.59. The van der Waals surface area contributed by atoms with Gasteiger partial charge in [-0.3, -0.25) is 0 Å². The van der Waals surface area contributed by atoms with Crippen molar-refractivity contribution in [2.45, 2.75) is 18.9 Å². The van der Waals surface area contributed by atoms with Gasteiger partial charge in [0, 0.05) is 18.0 Å². The third-order valence-corrected chi connectivity index (χ3v) is 8.22. The van der Waals surface area contributed by atoms with Gasteiger partial charge in [0.15, 0.2) is 5.65 Å². The Kier molecular flexibility index (Phi) is 5.16. The molecule has 1 atom stereocenters. The van der Waals surface area contributed by atoms with Crippen molar-refractivity contribution in [3.05, 3.63) is 71.8 Å². The number of halogens is 1. The predicted octanol–water partition coefficient (Wildman–Crippen LogP) is 4.87. The number of rotatable bonds is 4. The summed E-state index contributed by atoms with van der Waals surface area (Å²) in [4.78, 5) is 15.1. The van der Waals surface area contributed by atoms with Crippen LogP contribution in [0.3, 0.4) is 0 Å². The maximum atomic E-state index is 13.9. The highest BCUT2D eigenvalue weighted by Crippen LogP contribution is 2.38. The Morgan fingerprint density at radius 3 is 2.83 bits per heavy atom. The Hall–Kier alpha value is -4.02. The average molecular weight is 499 g/mol. The van der Waals surface area contributed by atoms with Gasteiger partial charge in [-0.05, 0) is 62.1 Å². The number of fused-ring (bicyclic) bond motifs is 2. The first-order valence-electron chi connectivity index (χ1n) is 11.7. The van der Waals surface area contributed by atoms with Gasteiger partial charge in [-0.15, -0.1) is 0 Å². The number of nitrogens with one attached hydrogen (secondary N) is 1. The standard InChI is InChI=1S/C26H23FN7OP/c1-36(2,35)23-13-21-20(12-17(23)14-28)30-25(31-21)19-15-29-34-10-8-24(32-26(19)34)33-9-4-7-22(33)16-5-3-6-18(27)11-16/h3,5-6,8,10-13,15,22H,4,7,9H2,1-2H3,(H,30,31). The number of anilines is 1. The molecular weight excluding hydrogens is 476 g/mol. The van der Waals surface area contributed by atoms with Gasteiger partial charge in [-0.25, -0.2) is 18.9 Å². The molecule has 4 heterocycles. The SMILES string of the molecule is CP(C)(=O)c1cc2[nH]c(-c3cnn4ccc(N5CCCC5c5cccc(F)c5)nc34)nc2cc1C#N. The Labute approximate surface area is 206 Å². The van der Waals surface area contributed by atoms with E-state index in [1.165, 1.54) is 6.07 Å². The van der Waals surface area contributed by atoms with Crippen LogP contribution >= 0.6 is 7.14 Å². The van der Waals surface area contributed by atoms with Gasteiger partial charge >= 0.3 is 0 Å². The van der Waals surface area contributed by atoms with Gasteiger partial charge in [0.2, 0.25) is 0 Å². The van der Waals surface area contributed by atoms with Gasteiger partial charge in [0.1, 0.15) is 24.6 Å². The Morgan fingerprint density at radius 2 is 2.06 bits per heavy atom. The van der Waals surface area contributed by atoms with Crippen LogP contribution in [0, 0.1) is 17.1 Å². The number of H-pyrrole nitrogens is 1. The molecule has 180 valence electrons. The molecule has 36 heavy (non-hydrogen) atoms. The highest BCUT2D eigenvalue weighted by atomic mass is 31.2. The summed E-state index contributed by atoms with van der Waals surface area (Å²) in [7, 11) is -2.65. The number of imidazole rings is 1. The molecule has 0 spiro atoms. The Balaban J connectivity index is 1.43. The number of aromatic amines is 1. The van der Waals surface area contributed by atoms with Crippen LogP contribution in [-0.2, 0) is 4.57 Å². The summed E-state index contributed by atoms with van der Waals surface area (Å²) in [5.74, 6) is 1.12. The van der Waals surface area contributed by atoms with Gasteiger partial charge in [0.05, 0.1) is 40.5 Å². The molecule has 6 rings (SSSR count). The summed E-state index contributed by atoms with van der Waals surface area (Å²) in [6, 6.07) is 14.3. The molecule has 1 N–H and O–H groups in total. The van der Waals surface area contributed by atoms with Crippen LogP contribution in [0.1, 0.15) is 30.0 Å². The number of benzene rings is 2. The number of aromatic nitrogens is 5. The van der Waals surface area contributed by atoms with Crippen LogP contribution in [0.2, 0.25) is 0 Å². The lowest BCUT2D eigenvalue weighted by atomic mass is 10.0. The fourth-order valence-corrected chi connectivity index (χ4v) is 6.13. The van der Waals surface area contributed by atoms with Gasteiger partial charge in [0.25, 0.3) is 0 Å². The first-order valence-corrected chi connectivity index (χ1v) is 14.3. The normalized spacial score (nSPS) is 16.2. The molecule has 3 aromatic heterocycles. The first-order chi connectivity index (χ1) is 17.3. The summed E-state index contributed by atoms with van der Waals surface area (Å²) in [5.41, 5.74) is 3.96. The zero-order valence-corrected chi connectivity index (χ0v) is 20.7. The predicted molar refractivity (Wildman–Crippen MR) is 138 cm³/mol. The minimum absolute atomic E-state index is 0.0508.